The number of hydrogen-bond acceptors (Lipinski definition) is 5. The summed E-state index contributed by atoms with van der Waals surface area (Å²) >= 11 is 0. The maximum absolute atomic E-state index is 6.86. The number of nitrogens with zero attached hydrogens (tertiary/aromatic N) is 4. The highest BCUT2D eigenvalue weighted by atomic mass is 16.3. The standard InChI is InChI=1S/C49H28N4O2/c1-2-12-29(13-3-1)47-50-48(32-24-25-43-38(27-32)34-17-7-9-22-42(34)54-43)52-49(51-47)36-19-11-23-44-45(36)35-18-10-21-40(46(35)55-44)53-39-20-8-6-16-33(39)37-26-30-14-4-5-15-31(30)28-41(37)53/h1-28H. The van der Waals surface area contributed by atoms with Gasteiger partial charge in [0.05, 0.1) is 16.7 Å². The number of hydrogen-bond donors (Lipinski definition) is 0. The first-order valence-corrected chi connectivity index (χ1v) is 18.4. The molecule has 4 heterocycles. The highest BCUT2D eigenvalue weighted by molar-refractivity contribution is 6.17. The van der Waals surface area contributed by atoms with E-state index in [9.17, 15) is 0 Å². The molecule has 0 amide bonds. The zero-order chi connectivity index (χ0) is 36.0. The fourth-order valence-electron chi connectivity index (χ4n) is 8.32. The lowest BCUT2D eigenvalue weighted by Gasteiger charge is -2.10. The van der Waals surface area contributed by atoms with Crippen LogP contribution >= 0.6 is 0 Å². The number of rotatable bonds is 4. The average molecular weight is 705 g/mol. The van der Waals surface area contributed by atoms with Gasteiger partial charge in [-0.2, -0.15) is 0 Å². The van der Waals surface area contributed by atoms with Gasteiger partial charge in [0.25, 0.3) is 0 Å². The predicted octanol–water partition coefficient (Wildman–Crippen LogP) is 12.9. The summed E-state index contributed by atoms with van der Waals surface area (Å²) < 4.78 is 15.3. The second-order valence-electron chi connectivity index (χ2n) is 14.0. The molecule has 0 unspecified atom stereocenters. The van der Waals surface area contributed by atoms with Crippen molar-refractivity contribution < 1.29 is 8.83 Å². The van der Waals surface area contributed by atoms with Gasteiger partial charge in [-0.15, -0.1) is 0 Å². The topological polar surface area (TPSA) is 69.9 Å². The number of furan rings is 2. The van der Waals surface area contributed by atoms with Crippen molar-refractivity contribution in [3.8, 4) is 39.9 Å². The largest absolute Gasteiger partial charge is 0.456 e. The molecule has 6 nitrogen and oxygen atoms in total. The van der Waals surface area contributed by atoms with Crippen LogP contribution in [0.1, 0.15) is 0 Å². The van der Waals surface area contributed by atoms with Crippen LogP contribution in [0.25, 0.3) is 116 Å². The highest BCUT2D eigenvalue weighted by Crippen LogP contribution is 2.42. The molecule has 0 spiro atoms. The van der Waals surface area contributed by atoms with Gasteiger partial charge < -0.3 is 13.4 Å². The van der Waals surface area contributed by atoms with Crippen LogP contribution in [0, 0.1) is 0 Å². The summed E-state index contributed by atoms with van der Waals surface area (Å²) in [6, 6.07) is 58.6. The fraction of sp³-hybridized carbons (Fsp3) is 0. The van der Waals surface area contributed by atoms with Crippen LogP contribution in [0.4, 0.5) is 0 Å². The van der Waals surface area contributed by atoms with E-state index in [1.165, 1.54) is 21.5 Å². The van der Waals surface area contributed by atoms with E-state index in [0.29, 0.717) is 17.5 Å². The summed E-state index contributed by atoms with van der Waals surface area (Å²) in [5.41, 5.74) is 9.13. The van der Waals surface area contributed by atoms with Gasteiger partial charge in [-0.3, -0.25) is 0 Å². The Morgan fingerprint density at radius 3 is 1.95 bits per heavy atom. The Balaban J connectivity index is 1.10. The zero-order valence-corrected chi connectivity index (χ0v) is 29.3. The fourth-order valence-corrected chi connectivity index (χ4v) is 8.32. The van der Waals surface area contributed by atoms with Crippen molar-refractivity contribution in [3.05, 3.63) is 170 Å². The minimum Gasteiger partial charge on any atom is -0.456 e. The van der Waals surface area contributed by atoms with Crippen molar-refractivity contribution in [3.63, 3.8) is 0 Å². The molecule has 0 saturated heterocycles. The molecule has 4 aromatic heterocycles. The molecule has 12 aromatic rings. The third-order valence-electron chi connectivity index (χ3n) is 10.8. The van der Waals surface area contributed by atoms with Crippen LogP contribution in [-0.2, 0) is 0 Å². The van der Waals surface area contributed by atoms with Crippen molar-refractivity contribution in [1.29, 1.82) is 0 Å². The first kappa shape index (κ1) is 29.9. The first-order chi connectivity index (χ1) is 27.2. The Morgan fingerprint density at radius 2 is 1.05 bits per heavy atom. The minimum absolute atomic E-state index is 0.572. The number of para-hydroxylation sites is 3. The van der Waals surface area contributed by atoms with Crippen molar-refractivity contribution >= 4 is 76.5 Å². The maximum Gasteiger partial charge on any atom is 0.164 e. The molecule has 0 atom stereocenters. The van der Waals surface area contributed by atoms with Gasteiger partial charge in [-0.1, -0.05) is 115 Å². The summed E-state index contributed by atoms with van der Waals surface area (Å²) in [7, 11) is 0. The van der Waals surface area contributed by atoms with Gasteiger partial charge in [-0.05, 0) is 65.4 Å². The van der Waals surface area contributed by atoms with E-state index in [0.717, 1.165) is 77.3 Å². The van der Waals surface area contributed by atoms with Gasteiger partial charge in [-0.25, -0.2) is 15.0 Å². The summed E-state index contributed by atoms with van der Waals surface area (Å²) in [6.45, 7) is 0. The highest BCUT2D eigenvalue weighted by Gasteiger charge is 2.22. The van der Waals surface area contributed by atoms with E-state index < -0.39 is 0 Å². The molecular weight excluding hydrogens is 677 g/mol. The molecule has 6 heteroatoms. The summed E-state index contributed by atoms with van der Waals surface area (Å²) in [5.74, 6) is 1.75. The molecule has 8 aromatic carbocycles. The lowest BCUT2D eigenvalue weighted by atomic mass is 10.0. The van der Waals surface area contributed by atoms with E-state index in [4.69, 9.17) is 23.8 Å². The molecule has 55 heavy (non-hydrogen) atoms. The smallest absolute Gasteiger partial charge is 0.164 e. The van der Waals surface area contributed by atoms with Crippen LogP contribution in [0.2, 0.25) is 0 Å². The van der Waals surface area contributed by atoms with E-state index in [1.807, 2.05) is 72.8 Å². The van der Waals surface area contributed by atoms with E-state index in [-0.39, 0.29) is 0 Å². The Morgan fingerprint density at radius 1 is 0.382 bits per heavy atom. The Labute approximate surface area is 313 Å². The molecule has 0 aliphatic carbocycles. The number of benzene rings is 8. The molecule has 0 N–H and O–H groups in total. The van der Waals surface area contributed by atoms with Gasteiger partial charge in [0.15, 0.2) is 23.1 Å². The minimum atomic E-state index is 0.572. The summed E-state index contributed by atoms with van der Waals surface area (Å²) in [4.78, 5) is 15.4. The lowest BCUT2D eigenvalue weighted by molar-refractivity contribution is 0.666. The second-order valence-corrected chi connectivity index (χ2v) is 14.0. The van der Waals surface area contributed by atoms with Gasteiger partial charge in [0.2, 0.25) is 0 Å². The first-order valence-electron chi connectivity index (χ1n) is 18.4. The molecule has 12 rings (SSSR count). The molecule has 256 valence electrons. The Kier molecular flexibility index (Phi) is 6.24. The van der Waals surface area contributed by atoms with Crippen molar-refractivity contribution in [2.45, 2.75) is 0 Å². The predicted molar refractivity (Wildman–Crippen MR) is 223 cm³/mol. The van der Waals surface area contributed by atoms with Crippen LogP contribution < -0.4 is 0 Å². The molecule has 0 aliphatic heterocycles. The quantitative estimate of drug-likeness (QED) is 0.182. The molecule has 0 saturated carbocycles. The normalized spacial score (nSPS) is 12.0. The molecule has 0 fully saturated rings. The van der Waals surface area contributed by atoms with Crippen molar-refractivity contribution in [2.75, 3.05) is 0 Å². The SMILES string of the molecule is c1ccc(-c2nc(-c3ccc4oc5ccccc5c4c3)nc(-c3cccc4oc5c(-n6c7ccccc7c7cc8ccccc8cc76)cccc5c34)n2)cc1. The average Bonchev–Trinajstić information content (AvgIpc) is 3.92. The second kappa shape index (κ2) is 11.5. The Bertz CT molecular complexity index is 3500. The lowest BCUT2D eigenvalue weighted by Crippen LogP contribution is -2.00. The Hall–Kier alpha value is -7.57. The molecule has 0 bridgehead atoms. The monoisotopic (exact) mass is 704 g/mol. The third-order valence-corrected chi connectivity index (χ3v) is 10.8. The van der Waals surface area contributed by atoms with E-state index in [1.54, 1.807) is 0 Å². The van der Waals surface area contributed by atoms with Crippen molar-refractivity contribution in [1.82, 2.24) is 19.5 Å². The van der Waals surface area contributed by atoms with Gasteiger partial charge in [0.1, 0.15) is 16.7 Å². The van der Waals surface area contributed by atoms with Crippen molar-refractivity contribution in [2.24, 2.45) is 0 Å². The van der Waals surface area contributed by atoms with E-state index >= 15 is 0 Å². The van der Waals surface area contributed by atoms with Crippen LogP contribution in [-0.4, -0.2) is 19.5 Å². The summed E-state index contributed by atoms with van der Waals surface area (Å²) in [6.07, 6.45) is 0. The van der Waals surface area contributed by atoms with Gasteiger partial charge in [0, 0.05) is 49.0 Å². The van der Waals surface area contributed by atoms with Gasteiger partial charge >= 0.3 is 0 Å². The number of aromatic nitrogens is 4. The molecule has 0 aliphatic rings. The maximum atomic E-state index is 6.86. The van der Waals surface area contributed by atoms with Crippen LogP contribution in [0.15, 0.2) is 179 Å². The van der Waals surface area contributed by atoms with E-state index in [2.05, 4.69) is 102 Å². The number of fused-ring (bicyclic) bond motifs is 10. The molecular formula is C49H28N4O2. The van der Waals surface area contributed by atoms with Crippen LogP contribution in [0.3, 0.4) is 0 Å². The zero-order valence-electron chi connectivity index (χ0n) is 29.3. The molecule has 0 radical (unpaired) electrons. The van der Waals surface area contributed by atoms with Crippen LogP contribution in [0.5, 0.6) is 0 Å². The third kappa shape index (κ3) is 4.52. The summed E-state index contributed by atoms with van der Waals surface area (Å²) in [5, 5.41) is 8.83.